The standard InChI is InChI=1S/C17H23FN6O/c1-11(2)23(8-13-6-12(13)3)9-17(25)20-16-7-14(4-5-15(16)18)24-10-19-21-22-24/h4-5,7,10-13H,6,8-9H2,1-3H3,(H,20,25)/t12-,13-/m1/s1. The van der Waals surface area contributed by atoms with Crippen molar-refractivity contribution in [3.05, 3.63) is 30.3 Å². The average molecular weight is 346 g/mol. The highest BCUT2D eigenvalue weighted by atomic mass is 19.1. The van der Waals surface area contributed by atoms with Gasteiger partial charge in [0.2, 0.25) is 5.91 Å². The monoisotopic (exact) mass is 346 g/mol. The predicted octanol–water partition coefficient (Wildman–Crippen LogP) is 2.11. The summed E-state index contributed by atoms with van der Waals surface area (Å²) >= 11 is 0. The fourth-order valence-corrected chi connectivity index (χ4v) is 2.82. The third kappa shape index (κ3) is 4.39. The molecule has 1 fully saturated rings. The minimum atomic E-state index is -0.489. The first-order valence-corrected chi connectivity index (χ1v) is 8.51. The highest BCUT2D eigenvalue weighted by molar-refractivity contribution is 5.92. The van der Waals surface area contributed by atoms with Crippen LogP contribution in [-0.2, 0) is 4.79 Å². The van der Waals surface area contributed by atoms with E-state index < -0.39 is 5.82 Å². The van der Waals surface area contributed by atoms with Crippen molar-refractivity contribution in [1.82, 2.24) is 25.1 Å². The number of hydrogen-bond donors (Lipinski definition) is 1. The Morgan fingerprint density at radius 3 is 2.84 bits per heavy atom. The van der Waals surface area contributed by atoms with Gasteiger partial charge in [-0.3, -0.25) is 9.69 Å². The number of rotatable bonds is 7. The molecule has 1 aliphatic rings. The van der Waals surface area contributed by atoms with Crippen LogP contribution in [0.1, 0.15) is 27.2 Å². The number of tetrazole rings is 1. The van der Waals surface area contributed by atoms with E-state index in [-0.39, 0.29) is 24.2 Å². The molecule has 0 saturated heterocycles. The Labute approximate surface area is 146 Å². The van der Waals surface area contributed by atoms with Gasteiger partial charge in [-0.15, -0.1) is 5.10 Å². The van der Waals surface area contributed by atoms with Crippen molar-refractivity contribution >= 4 is 11.6 Å². The Balaban J connectivity index is 1.66. The van der Waals surface area contributed by atoms with Crippen molar-refractivity contribution in [3.63, 3.8) is 0 Å². The number of amides is 1. The third-order valence-corrected chi connectivity index (χ3v) is 4.66. The number of aromatic nitrogens is 4. The average Bonchev–Trinajstić information content (AvgIpc) is 3.02. The Kier molecular flexibility index (Phi) is 5.08. The number of halogens is 1. The number of nitrogens with zero attached hydrogens (tertiary/aromatic N) is 5. The largest absolute Gasteiger partial charge is 0.322 e. The van der Waals surface area contributed by atoms with Gasteiger partial charge in [0.15, 0.2) is 0 Å². The van der Waals surface area contributed by atoms with Gasteiger partial charge in [-0.2, -0.15) is 0 Å². The molecule has 2 atom stereocenters. The molecule has 2 aromatic rings. The van der Waals surface area contributed by atoms with E-state index in [9.17, 15) is 9.18 Å². The van der Waals surface area contributed by atoms with Crippen LogP contribution < -0.4 is 5.32 Å². The Morgan fingerprint density at radius 1 is 1.48 bits per heavy atom. The molecular weight excluding hydrogens is 323 g/mol. The van der Waals surface area contributed by atoms with E-state index in [2.05, 4.69) is 46.5 Å². The summed E-state index contributed by atoms with van der Waals surface area (Å²) in [4.78, 5) is 14.5. The summed E-state index contributed by atoms with van der Waals surface area (Å²) in [5.74, 6) is 0.677. The second-order valence-corrected chi connectivity index (χ2v) is 6.96. The predicted molar refractivity (Wildman–Crippen MR) is 91.7 cm³/mol. The summed E-state index contributed by atoms with van der Waals surface area (Å²) in [6, 6.07) is 4.62. The van der Waals surface area contributed by atoms with Gasteiger partial charge in [-0.1, -0.05) is 6.92 Å². The van der Waals surface area contributed by atoms with E-state index >= 15 is 0 Å². The molecule has 1 amide bonds. The molecular formula is C17H23FN6O. The van der Waals surface area contributed by atoms with Crippen LogP contribution in [0.25, 0.3) is 5.69 Å². The number of benzene rings is 1. The molecule has 0 radical (unpaired) electrons. The van der Waals surface area contributed by atoms with Crippen LogP contribution in [0.5, 0.6) is 0 Å². The maximum absolute atomic E-state index is 14.0. The lowest BCUT2D eigenvalue weighted by atomic mass is 10.2. The van der Waals surface area contributed by atoms with Gasteiger partial charge in [0, 0.05) is 12.6 Å². The molecule has 134 valence electrons. The topological polar surface area (TPSA) is 75.9 Å². The van der Waals surface area contributed by atoms with Crippen LogP contribution >= 0.6 is 0 Å². The van der Waals surface area contributed by atoms with Crippen molar-refractivity contribution < 1.29 is 9.18 Å². The molecule has 8 heteroatoms. The van der Waals surface area contributed by atoms with Gasteiger partial charge in [0.05, 0.1) is 17.9 Å². The molecule has 1 aromatic heterocycles. The highest BCUT2D eigenvalue weighted by Gasteiger charge is 2.34. The molecule has 1 heterocycles. The molecule has 1 saturated carbocycles. The van der Waals surface area contributed by atoms with E-state index in [4.69, 9.17) is 0 Å². The van der Waals surface area contributed by atoms with E-state index in [0.29, 0.717) is 11.6 Å². The quantitative estimate of drug-likeness (QED) is 0.831. The van der Waals surface area contributed by atoms with Gasteiger partial charge in [0.1, 0.15) is 12.1 Å². The van der Waals surface area contributed by atoms with Gasteiger partial charge in [-0.05, 0) is 60.7 Å². The Hall–Kier alpha value is -2.35. The summed E-state index contributed by atoms with van der Waals surface area (Å²) in [5.41, 5.74) is 0.704. The van der Waals surface area contributed by atoms with E-state index in [1.54, 1.807) is 6.07 Å². The second kappa shape index (κ2) is 7.26. The summed E-state index contributed by atoms with van der Waals surface area (Å²) in [6.45, 7) is 7.51. The van der Waals surface area contributed by atoms with Crippen molar-refractivity contribution in [2.75, 3.05) is 18.4 Å². The zero-order chi connectivity index (χ0) is 18.0. The number of hydrogen-bond acceptors (Lipinski definition) is 5. The SMILES string of the molecule is CC(C)N(CC(=O)Nc1cc(-n2cnnn2)ccc1F)C[C@H]1C[C@H]1C. The second-order valence-electron chi connectivity index (χ2n) is 6.96. The highest BCUT2D eigenvalue weighted by Crippen LogP contribution is 2.38. The summed E-state index contributed by atoms with van der Waals surface area (Å²) < 4.78 is 15.5. The zero-order valence-corrected chi connectivity index (χ0v) is 14.7. The maximum atomic E-state index is 14.0. The molecule has 3 rings (SSSR count). The molecule has 0 unspecified atom stereocenters. The van der Waals surface area contributed by atoms with Gasteiger partial charge >= 0.3 is 0 Å². The van der Waals surface area contributed by atoms with Crippen LogP contribution in [0, 0.1) is 17.7 Å². The van der Waals surface area contributed by atoms with Crippen molar-refractivity contribution in [1.29, 1.82) is 0 Å². The minimum absolute atomic E-state index is 0.126. The minimum Gasteiger partial charge on any atom is -0.322 e. The third-order valence-electron chi connectivity index (χ3n) is 4.66. The lowest BCUT2D eigenvalue weighted by Crippen LogP contribution is -2.39. The zero-order valence-electron chi connectivity index (χ0n) is 14.7. The van der Waals surface area contributed by atoms with Gasteiger partial charge in [-0.25, -0.2) is 9.07 Å². The lowest BCUT2D eigenvalue weighted by Gasteiger charge is -2.26. The number of anilines is 1. The van der Waals surface area contributed by atoms with E-state index in [1.165, 1.54) is 29.6 Å². The summed E-state index contributed by atoms with van der Waals surface area (Å²) in [6.07, 6.45) is 2.63. The first kappa shape index (κ1) is 17.5. The van der Waals surface area contributed by atoms with Gasteiger partial charge < -0.3 is 5.32 Å². The normalized spacial score (nSPS) is 19.4. The van der Waals surface area contributed by atoms with Gasteiger partial charge in [0.25, 0.3) is 0 Å². The van der Waals surface area contributed by atoms with Crippen molar-refractivity contribution in [2.24, 2.45) is 11.8 Å². The van der Waals surface area contributed by atoms with Crippen LogP contribution in [0.3, 0.4) is 0 Å². The maximum Gasteiger partial charge on any atom is 0.238 e. The van der Waals surface area contributed by atoms with E-state index in [1.807, 2.05) is 0 Å². The summed E-state index contributed by atoms with van der Waals surface area (Å²) in [7, 11) is 0. The molecule has 0 spiro atoms. The number of carbonyl (C=O) groups excluding carboxylic acids is 1. The molecule has 0 bridgehead atoms. The van der Waals surface area contributed by atoms with Crippen LogP contribution in [0.2, 0.25) is 0 Å². The molecule has 0 aliphatic heterocycles. The Bertz CT molecular complexity index is 733. The van der Waals surface area contributed by atoms with Crippen molar-refractivity contribution in [3.8, 4) is 5.69 Å². The number of carbonyl (C=O) groups is 1. The smallest absolute Gasteiger partial charge is 0.238 e. The molecule has 1 N–H and O–H groups in total. The molecule has 1 aromatic carbocycles. The van der Waals surface area contributed by atoms with Crippen LogP contribution in [0.15, 0.2) is 24.5 Å². The Morgan fingerprint density at radius 2 is 2.24 bits per heavy atom. The molecule has 1 aliphatic carbocycles. The lowest BCUT2D eigenvalue weighted by molar-refractivity contribution is -0.117. The summed E-state index contributed by atoms with van der Waals surface area (Å²) in [5, 5.41) is 13.5. The first-order chi connectivity index (χ1) is 11.9. The molecule has 25 heavy (non-hydrogen) atoms. The van der Waals surface area contributed by atoms with Crippen LogP contribution in [0.4, 0.5) is 10.1 Å². The fourth-order valence-electron chi connectivity index (χ4n) is 2.82. The van der Waals surface area contributed by atoms with Crippen LogP contribution in [-0.4, -0.2) is 50.1 Å². The first-order valence-electron chi connectivity index (χ1n) is 8.51. The fraction of sp³-hybridized carbons (Fsp3) is 0.529. The van der Waals surface area contributed by atoms with E-state index in [0.717, 1.165) is 12.5 Å². The van der Waals surface area contributed by atoms with Crippen molar-refractivity contribution in [2.45, 2.75) is 33.2 Å². The number of nitrogens with one attached hydrogen (secondary N) is 1. The molecule has 7 nitrogen and oxygen atoms in total.